The quantitative estimate of drug-likeness (QED) is 0.756. The van der Waals surface area contributed by atoms with Gasteiger partial charge in [-0.2, -0.15) is 5.10 Å². The van der Waals surface area contributed by atoms with E-state index in [1.807, 2.05) is 44.2 Å². The number of rotatable bonds is 3. The van der Waals surface area contributed by atoms with Crippen LogP contribution in [0.4, 0.5) is 5.69 Å². The van der Waals surface area contributed by atoms with Gasteiger partial charge in [-0.1, -0.05) is 18.2 Å². The van der Waals surface area contributed by atoms with Gasteiger partial charge in [-0.3, -0.25) is 9.10 Å². The van der Waals surface area contributed by atoms with Crippen molar-refractivity contribution in [1.82, 2.24) is 10.2 Å². The van der Waals surface area contributed by atoms with Crippen molar-refractivity contribution in [2.45, 2.75) is 25.2 Å². The Morgan fingerprint density at radius 3 is 2.59 bits per heavy atom. The Labute approximate surface area is 157 Å². The summed E-state index contributed by atoms with van der Waals surface area (Å²) in [6.45, 7) is 4.12. The van der Waals surface area contributed by atoms with Crippen LogP contribution in [0.1, 0.15) is 16.7 Å². The second-order valence-electron chi connectivity index (χ2n) is 6.68. The van der Waals surface area contributed by atoms with E-state index in [0.717, 1.165) is 16.8 Å². The molecule has 0 bridgehead atoms. The maximum atomic E-state index is 13.5. The highest BCUT2D eigenvalue weighted by Crippen LogP contribution is 2.35. The van der Waals surface area contributed by atoms with Crippen molar-refractivity contribution in [3.63, 3.8) is 0 Å². The molecule has 138 valence electrons. The van der Waals surface area contributed by atoms with Crippen molar-refractivity contribution in [2.24, 2.45) is 0 Å². The second kappa shape index (κ2) is 6.35. The lowest BCUT2D eigenvalue weighted by molar-refractivity contribution is 0.591. The van der Waals surface area contributed by atoms with Gasteiger partial charge in [0.2, 0.25) is 0 Å². The van der Waals surface area contributed by atoms with Crippen molar-refractivity contribution in [3.05, 3.63) is 75.6 Å². The van der Waals surface area contributed by atoms with Crippen LogP contribution >= 0.6 is 0 Å². The van der Waals surface area contributed by atoms with Gasteiger partial charge in [0.05, 0.1) is 16.3 Å². The summed E-state index contributed by atoms with van der Waals surface area (Å²) in [5.41, 5.74) is 4.22. The highest BCUT2D eigenvalue weighted by molar-refractivity contribution is 7.93. The summed E-state index contributed by atoms with van der Waals surface area (Å²) in [6.07, 6.45) is 0.703. The van der Waals surface area contributed by atoms with Gasteiger partial charge in [-0.05, 0) is 61.2 Å². The van der Waals surface area contributed by atoms with Crippen molar-refractivity contribution in [2.75, 3.05) is 10.8 Å². The number of anilines is 1. The van der Waals surface area contributed by atoms with E-state index < -0.39 is 10.0 Å². The molecule has 7 heteroatoms. The molecule has 0 aliphatic carbocycles. The molecule has 0 radical (unpaired) electrons. The Balaban J connectivity index is 1.86. The summed E-state index contributed by atoms with van der Waals surface area (Å²) in [5, 5.41) is 6.42. The third kappa shape index (κ3) is 2.94. The third-order valence-corrected chi connectivity index (χ3v) is 6.95. The van der Waals surface area contributed by atoms with Crippen LogP contribution in [-0.2, 0) is 16.4 Å². The molecule has 0 saturated carbocycles. The van der Waals surface area contributed by atoms with E-state index >= 15 is 0 Å². The molecular formula is C20H19N3O3S. The Hall–Kier alpha value is -2.93. The van der Waals surface area contributed by atoms with E-state index in [4.69, 9.17) is 0 Å². The molecule has 1 aliphatic rings. The number of hydrogen-bond acceptors (Lipinski definition) is 4. The number of para-hydroxylation sites is 1. The molecule has 0 saturated heterocycles. The number of aromatic amines is 1. The number of hydrogen-bond donors (Lipinski definition) is 1. The number of benzene rings is 2. The topological polar surface area (TPSA) is 83.1 Å². The average molecular weight is 381 g/mol. The second-order valence-corrected chi connectivity index (χ2v) is 8.51. The van der Waals surface area contributed by atoms with Crippen molar-refractivity contribution in [3.8, 4) is 11.3 Å². The Morgan fingerprint density at radius 1 is 1.07 bits per heavy atom. The highest BCUT2D eigenvalue weighted by atomic mass is 32.2. The minimum atomic E-state index is -3.71. The summed E-state index contributed by atoms with van der Waals surface area (Å²) in [6, 6.07) is 14.1. The first-order chi connectivity index (χ1) is 12.9. The largest absolute Gasteiger partial charge is 0.268 e. The molecular weight excluding hydrogens is 362 g/mol. The average Bonchev–Trinajstić information content (AvgIpc) is 3.09. The SMILES string of the molecule is Cc1cc(-c2ccc(=O)[nH]n2)cc(S(=O)(=O)N2CCc3ccccc32)c1C. The van der Waals surface area contributed by atoms with E-state index in [1.165, 1.54) is 10.4 Å². The van der Waals surface area contributed by atoms with Gasteiger partial charge >= 0.3 is 0 Å². The monoisotopic (exact) mass is 381 g/mol. The van der Waals surface area contributed by atoms with Gasteiger partial charge in [0.25, 0.3) is 15.6 Å². The fourth-order valence-corrected chi connectivity index (χ4v) is 5.25. The molecule has 4 rings (SSSR count). The zero-order valence-corrected chi connectivity index (χ0v) is 15.9. The van der Waals surface area contributed by atoms with Crippen molar-refractivity contribution in [1.29, 1.82) is 0 Å². The minimum absolute atomic E-state index is 0.266. The number of nitrogens with one attached hydrogen (secondary N) is 1. The number of fused-ring (bicyclic) bond motifs is 1. The number of sulfonamides is 1. The molecule has 0 unspecified atom stereocenters. The van der Waals surface area contributed by atoms with Crippen LogP contribution in [0.2, 0.25) is 0 Å². The maximum Gasteiger partial charge on any atom is 0.264 e. The molecule has 3 aromatic rings. The van der Waals surface area contributed by atoms with Crippen LogP contribution in [0.25, 0.3) is 11.3 Å². The van der Waals surface area contributed by atoms with Crippen LogP contribution < -0.4 is 9.86 Å². The summed E-state index contributed by atoms with van der Waals surface area (Å²) >= 11 is 0. The molecule has 1 aliphatic heterocycles. The number of H-pyrrole nitrogens is 1. The van der Waals surface area contributed by atoms with Gasteiger partial charge in [0.1, 0.15) is 0 Å². The van der Waals surface area contributed by atoms with Crippen molar-refractivity contribution < 1.29 is 8.42 Å². The Morgan fingerprint density at radius 2 is 1.85 bits per heavy atom. The van der Waals surface area contributed by atoms with Crippen LogP contribution in [0.15, 0.2) is 58.2 Å². The lowest BCUT2D eigenvalue weighted by atomic mass is 10.0. The number of nitrogens with zero attached hydrogens (tertiary/aromatic N) is 2. The molecule has 2 aromatic carbocycles. The van der Waals surface area contributed by atoms with E-state index in [1.54, 1.807) is 12.1 Å². The summed E-state index contributed by atoms with van der Waals surface area (Å²) in [4.78, 5) is 11.5. The molecule has 0 fully saturated rings. The predicted octanol–water partition coefficient (Wildman–Crippen LogP) is 2.81. The Kier molecular flexibility index (Phi) is 4.11. The molecule has 0 atom stereocenters. The van der Waals surface area contributed by atoms with Crippen LogP contribution in [0.3, 0.4) is 0 Å². The maximum absolute atomic E-state index is 13.5. The predicted molar refractivity (Wildman–Crippen MR) is 104 cm³/mol. The number of aromatic nitrogens is 2. The third-order valence-electron chi connectivity index (χ3n) is 5.01. The van der Waals surface area contributed by atoms with E-state index in [0.29, 0.717) is 29.8 Å². The number of aryl methyl sites for hydroxylation is 1. The van der Waals surface area contributed by atoms with Crippen molar-refractivity contribution >= 4 is 15.7 Å². The normalized spacial score (nSPS) is 13.6. The van der Waals surface area contributed by atoms with Crippen LogP contribution in [0, 0.1) is 13.8 Å². The fraction of sp³-hybridized carbons (Fsp3) is 0.200. The van der Waals surface area contributed by atoms with E-state index in [2.05, 4.69) is 10.2 Å². The molecule has 6 nitrogen and oxygen atoms in total. The highest BCUT2D eigenvalue weighted by Gasteiger charge is 2.32. The fourth-order valence-electron chi connectivity index (χ4n) is 3.42. The first-order valence-electron chi connectivity index (χ1n) is 8.66. The molecule has 0 amide bonds. The zero-order valence-electron chi connectivity index (χ0n) is 15.1. The molecule has 0 spiro atoms. The van der Waals surface area contributed by atoms with E-state index in [9.17, 15) is 13.2 Å². The molecule has 27 heavy (non-hydrogen) atoms. The molecule has 1 aromatic heterocycles. The molecule has 1 N–H and O–H groups in total. The first-order valence-corrected chi connectivity index (χ1v) is 10.1. The van der Waals surface area contributed by atoms with E-state index in [-0.39, 0.29) is 10.5 Å². The van der Waals surface area contributed by atoms with Gasteiger partial charge in [-0.25, -0.2) is 13.5 Å². The van der Waals surface area contributed by atoms with Gasteiger partial charge in [0, 0.05) is 18.2 Å². The smallest absolute Gasteiger partial charge is 0.264 e. The zero-order chi connectivity index (χ0) is 19.2. The van der Waals surface area contributed by atoms with Gasteiger partial charge in [-0.15, -0.1) is 0 Å². The summed E-state index contributed by atoms with van der Waals surface area (Å²) in [5.74, 6) is 0. The van der Waals surface area contributed by atoms with Crippen LogP contribution in [0.5, 0.6) is 0 Å². The van der Waals surface area contributed by atoms with Gasteiger partial charge < -0.3 is 0 Å². The lowest BCUT2D eigenvalue weighted by Crippen LogP contribution is -2.29. The summed E-state index contributed by atoms with van der Waals surface area (Å²) < 4.78 is 28.4. The lowest BCUT2D eigenvalue weighted by Gasteiger charge is -2.22. The Bertz CT molecular complexity index is 1180. The summed E-state index contributed by atoms with van der Waals surface area (Å²) in [7, 11) is -3.71. The van der Waals surface area contributed by atoms with Gasteiger partial charge in [0.15, 0.2) is 0 Å². The standard InChI is InChI=1S/C20H19N3O3S/c1-13-11-16(17-7-8-20(24)22-21-17)12-19(14(13)2)27(25,26)23-10-9-15-5-3-4-6-18(15)23/h3-8,11-12H,9-10H2,1-2H3,(H,22,24). The minimum Gasteiger partial charge on any atom is -0.268 e. The molecule has 2 heterocycles. The van der Waals surface area contributed by atoms with Crippen LogP contribution in [-0.4, -0.2) is 25.2 Å². The first kappa shape index (κ1) is 17.5.